The minimum atomic E-state index is -0.140. The van der Waals surface area contributed by atoms with E-state index in [4.69, 9.17) is 10.5 Å². The maximum absolute atomic E-state index is 13.4. The SMILES string of the molecule is NC[C@H]1CN(Cc2ccccc2F)CCO1. The standard InChI is InChI=1S/C12H17FN2O/c13-12-4-2-1-3-10(12)8-15-5-6-16-11(7-14)9-15/h1-4,11H,5-9,14H2/t11-/m0/s1. The van der Waals surface area contributed by atoms with Gasteiger partial charge in [-0.15, -0.1) is 0 Å². The Morgan fingerprint density at radius 1 is 1.44 bits per heavy atom. The van der Waals surface area contributed by atoms with Gasteiger partial charge in [-0.1, -0.05) is 18.2 Å². The molecule has 1 atom stereocenters. The van der Waals surface area contributed by atoms with Gasteiger partial charge in [0.2, 0.25) is 0 Å². The highest BCUT2D eigenvalue weighted by molar-refractivity contribution is 5.17. The lowest BCUT2D eigenvalue weighted by Gasteiger charge is -2.32. The summed E-state index contributed by atoms with van der Waals surface area (Å²) in [6.45, 7) is 3.45. The Morgan fingerprint density at radius 2 is 2.25 bits per heavy atom. The van der Waals surface area contributed by atoms with Gasteiger partial charge in [0.25, 0.3) is 0 Å². The molecule has 1 fully saturated rings. The monoisotopic (exact) mass is 224 g/mol. The van der Waals surface area contributed by atoms with Crippen LogP contribution in [0.4, 0.5) is 4.39 Å². The third-order valence-electron chi connectivity index (χ3n) is 2.84. The van der Waals surface area contributed by atoms with Crippen molar-refractivity contribution in [2.75, 3.05) is 26.2 Å². The first-order valence-corrected chi connectivity index (χ1v) is 5.57. The fourth-order valence-electron chi connectivity index (χ4n) is 1.93. The van der Waals surface area contributed by atoms with E-state index >= 15 is 0 Å². The van der Waals surface area contributed by atoms with Crippen LogP contribution in [0.5, 0.6) is 0 Å². The molecule has 1 aliphatic rings. The summed E-state index contributed by atoms with van der Waals surface area (Å²) < 4.78 is 18.9. The lowest BCUT2D eigenvalue weighted by Crippen LogP contribution is -2.45. The summed E-state index contributed by atoms with van der Waals surface area (Å²) in [5, 5.41) is 0. The predicted octanol–water partition coefficient (Wildman–Crippen LogP) is 0.985. The third-order valence-corrected chi connectivity index (χ3v) is 2.84. The van der Waals surface area contributed by atoms with Crippen LogP contribution in [0, 0.1) is 5.82 Å². The van der Waals surface area contributed by atoms with E-state index in [1.54, 1.807) is 6.07 Å². The van der Waals surface area contributed by atoms with Gasteiger partial charge in [0.05, 0.1) is 12.7 Å². The number of rotatable bonds is 3. The Bertz CT molecular complexity index is 346. The Labute approximate surface area is 95.0 Å². The molecule has 0 aliphatic carbocycles. The molecule has 0 saturated carbocycles. The summed E-state index contributed by atoms with van der Waals surface area (Å²) in [5.74, 6) is -0.140. The molecule has 0 bridgehead atoms. The summed E-state index contributed by atoms with van der Waals surface area (Å²) in [6, 6.07) is 6.89. The van der Waals surface area contributed by atoms with E-state index in [9.17, 15) is 4.39 Å². The van der Waals surface area contributed by atoms with Crippen LogP contribution in [-0.2, 0) is 11.3 Å². The van der Waals surface area contributed by atoms with E-state index in [1.165, 1.54) is 6.07 Å². The van der Waals surface area contributed by atoms with Crippen LogP contribution in [0.3, 0.4) is 0 Å². The number of nitrogens with two attached hydrogens (primary N) is 1. The summed E-state index contributed by atoms with van der Waals surface area (Å²) in [4.78, 5) is 2.18. The van der Waals surface area contributed by atoms with E-state index < -0.39 is 0 Å². The molecule has 1 heterocycles. The molecule has 1 aromatic rings. The molecule has 4 heteroatoms. The number of morpholine rings is 1. The average Bonchev–Trinajstić information content (AvgIpc) is 2.32. The predicted molar refractivity (Wildman–Crippen MR) is 60.5 cm³/mol. The van der Waals surface area contributed by atoms with Crippen molar-refractivity contribution in [3.05, 3.63) is 35.6 Å². The minimum Gasteiger partial charge on any atom is -0.374 e. The lowest BCUT2D eigenvalue weighted by molar-refractivity contribution is -0.0263. The third kappa shape index (κ3) is 2.78. The van der Waals surface area contributed by atoms with Crippen molar-refractivity contribution in [3.63, 3.8) is 0 Å². The van der Waals surface area contributed by atoms with E-state index in [0.717, 1.165) is 18.7 Å². The molecule has 16 heavy (non-hydrogen) atoms. The zero-order valence-corrected chi connectivity index (χ0v) is 9.23. The van der Waals surface area contributed by atoms with E-state index in [-0.39, 0.29) is 11.9 Å². The average molecular weight is 224 g/mol. The van der Waals surface area contributed by atoms with Crippen molar-refractivity contribution in [1.82, 2.24) is 4.90 Å². The molecule has 88 valence electrons. The van der Waals surface area contributed by atoms with Crippen LogP contribution in [-0.4, -0.2) is 37.2 Å². The van der Waals surface area contributed by atoms with E-state index in [2.05, 4.69) is 4.90 Å². The van der Waals surface area contributed by atoms with Gasteiger partial charge < -0.3 is 10.5 Å². The number of hydrogen-bond acceptors (Lipinski definition) is 3. The van der Waals surface area contributed by atoms with Crippen LogP contribution >= 0.6 is 0 Å². The highest BCUT2D eigenvalue weighted by Gasteiger charge is 2.19. The fourth-order valence-corrected chi connectivity index (χ4v) is 1.93. The van der Waals surface area contributed by atoms with Crippen LogP contribution in [0.1, 0.15) is 5.56 Å². The summed E-state index contributed by atoms with van der Waals surface area (Å²) in [7, 11) is 0. The van der Waals surface area contributed by atoms with Gasteiger partial charge in [-0.05, 0) is 6.07 Å². The number of ether oxygens (including phenoxy) is 1. The van der Waals surface area contributed by atoms with Crippen LogP contribution in [0.25, 0.3) is 0 Å². The zero-order chi connectivity index (χ0) is 11.4. The topological polar surface area (TPSA) is 38.5 Å². The van der Waals surface area contributed by atoms with Crippen molar-refractivity contribution in [2.45, 2.75) is 12.6 Å². The number of halogens is 1. The fraction of sp³-hybridized carbons (Fsp3) is 0.500. The summed E-state index contributed by atoms with van der Waals surface area (Å²) >= 11 is 0. The summed E-state index contributed by atoms with van der Waals surface area (Å²) in [5.41, 5.74) is 6.30. The van der Waals surface area contributed by atoms with Gasteiger partial charge in [-0.2, -0.15) is 0 Å². The minimum absolute atomic E-state index is 0.0838. The maximum Gasteiger partial charge on any atom is 0.127 e. The molecule has 2 rings (SSSR count). The highest BCUT2D eigenvalue weighted by atomic mass is 19.1. The van der Waals surface area contributed by atoms with Crippen LogP contribution in [0.2, 0.25) is 0 Å². The molecule has 0 amide bonds. The number of hydrogen-bond donors (Lipinski definition) is 1. The number of nitrogens with zero attached hydrogens (tertiary/aromatic N) is 1. The number of benzene rings is 1. The second kappa shape index (κ2) is 5.39. The quantitative estimate of drug-likeness (QED) is 0.832. The molecule has 0 aromatic heterocycles. The smallest absolute Gasteiger partial charge is 0.127 e. The van der Waals surface area contributed by atoms with Crippen LogP contribution < -0.4 is 5.73 Å². The van der Waals surface area contributed by atoms with Gasteiger partial charge in [0, 0.05) is 31.7 Å². The van der Waals surface area contributed by atoms with Crippen LogP contribution in [0.15, 0.2) is 24.3 Å². The van der Waals surface area contributed by atoms with Gasteiger partial charge >= 0.3 is 0 Å². The first kappa shape index (κ1) is 11.5. The molecule has 3 nitrogen and oxygen atoms in total. The molecule has 1 aromatic carbocycles. The Balaban J connectivity index is 1.97. The van der Waals surface area contributed by atoms with Gasteiger partial charge in [-0.3, -0.25) is 4.90 Å². The van der Waals surface area contributed by atoms with Gasteiger partial charge in [0.1, 0.15) is 5.82 Å². The second-order valence-electron chi connectivity index (χ2n) is 4.06. The van der Waals surface area contributed by atoms with Crippen molar-refractivity contribution in [1.29, 1.82) is 0 Å². The van der Waals surface area contributed by atoms with Crippen molar-refractivity contribution in [3.8, 4) is 0 Å². The first-order chi connectivity index (χ1) is 7.79. The second-order valence-corrected chi connectivity index (χ2v) is 4.06. The Kier molecular flexibility index (Phi) is 3.88. The molecular weight excluding hydrogens is 207 g/mol. The van der Waals surface area contributed by atoms with E-state index in [1.807, 2.05) is 12.1 Å². The molecule has 0 radical (unpaired) electrons. The Hall–Kier alpha value is -0.970. The first-order valence-electron chi connectivity index (χ1n) is 5.57. The van der Waals surface area contributed by atoms with Crippen molar-refractivity contribution >= 4 is 0 Å². The zero-order valence-electron chi connectivity index (χ0n) is 9.23. The lowest BCUT2D eigenvalue weighted by atomic mass is 10.2. The molecule has 0 unspecified atom stereocenters. The largest absolute Gasteiger partial charge is 0.374 e. The molecule has 0 spiro atoms. The van der Waals surface area contributed by atoms with Gasteiger partial charge in [-0.25, -0.2) is 4.39 Å². The van der Waals surface area contributed by atoms with Crippen molar-refractivity contribution < 1.29 is 9.13 Å². The summed E-state index contributed by atoms with van der Waals surface area (Å²) in [6.07, 6.45) is 0.0838. The Morgan fingerprint density at radius 3 is 3.00 bits per heavy atom. The molecular formula is C12H17FN2O. The van der Waals surface area contributed by atoms with Crippen molar-refractivity contribution in [2.24, 2.45) is 5.73 Å². The normalized spacial score (nSPS) is 22.2. The maximum atomic E-state index is 13.4. The molecule has 1 saturated heterocycles. The molecule has 1 aliphatic heterocycles. The van der Waals surface area contributed by atoms with E-state index in [0.29, 0.717) is 19.7 Å². The molecule has 2 N–H and O–H groups in total. The van der Waals surface area contributed by atoms with Gasteiger partial charge in [0.15, 0.2) is 0 Å². The highest BCUT2D eigenvalue weighted by Crippen LogP contribution is 2.12.